The van der Waals surface area contributed by atoms with Crippen LogP contribution in [0, 0.1) is 5.92 Å². The molecule has 1 atom stereocenters. The third-order valence-electron chi connectivity index (χ3n) is 6.95. The molecule has 0 unspecified atom stereocenters. The quantitative estimate of drug-likeness (QED) is 0.263. The summed E-state index contributed by atoms with van der Waals surface area (Å²) >= 11 is 0.655. The van der Waals surface area contributed by atoms with Crippen molar-refractivity contribution in [2.75, 3.05) is 5.32 Å². The van der Waals surface area contributed by atoms with Crippen LogP contribution in [0.15, 0.2) is 30.5 Å². The third kappa shape index (κ3) is 5.09. The van der Waals surface area contributed by atoms with Gasteiger partial charge in [0.1, 0.15) is 16.1 Å². The lowest BCUT2D eigenvalue weighted by Gasteiger charge is -2.32. The first-order chi connectivity index (χ1) is 18.0. The standard InChI is InChI=1S/C26H27F3N6O2S/c1-13(2)16-9-10-30-18(11-16)24-34-22-20(35(24)12-17-7-8-19(38-17)26(27,28)29)21(32-23(33-22)25(36)37)31-14(3)15-5-4-6-15/h7-11,13-15H,4-6,12H2,1-3H3,(H,36,37)(H,31,32,33)/t14-/m1/s1. The highest BCUT2D eigenvalue weighted by Gasteiger charge is 2.33. The van der Waals surface area contributed by atoms with E-state index in [9.17, 15) is 23.1 Å². The number of pyridine rings is 1. The van der Waals surface area contributed by atoms with Gasteiger partial charge in [-0.05, 0) is 61.4 Å². The fourth-order valence-corrected chi connectivity index (χ4v) is 5.42. The second-order valence-electron chi connectivity index (χ2n) is 9.91. The number of carboxylic acids is 1. The fourth-order valence-electron chi connectivity index (χ4n) is 4.55. The van der Waals surface area contributed by atoms with Gasteiger partial charge in [-0.1, -0.05) is 20.3 Å². The lowest BCUT2D eigenvalue weighted by atomic mass is 9.80. The Balaban J connectivity index is 1.70. The molecule has 0 radical (unpaired) electrons. The Hall–Kier alpha value is -3.54. The molecule has 4 aromatic heterocycles. The van der Waals surface area contributed by atoms with Gasteiger partial charge in [0.05, 0.1) is 6.54 Å². The lowest BCUT2D eigenvalue weighted by molar-refractivity contribution is -0.134. The summed E-state index contributed by atoms with van der Waals surface area (Å²) in [6.07, 6.45) is 0.462. The van der Waals surface area contributed by atoms with E-state index in [0.29, 0.717) is 39.2 Å². The first-order valence-corrected chi connectivity index (χ1v) is 13.2. The summed E-state index contributed by atoms with van der Waals surface area (Å²) in [5.41, 5.74) is 2.09. The number of nitrogens with one attached hydrogen (secondary N) is 1. The SMILES string of the molecule is CC(C)c1ccnc(-c2nc3nc(C(=O)O)nc(N[C@H](C)C4CCC4)c3n2Cc2ccc(C(F)(F)F)s2)c1. The molecule has 0 aliphatic heterocycles. The summed E-state index contributed by atoms with van der Waals surface area (Å²) in [6, 6.07) is 6.29. The molecule has 1 fully saturated rings. The van der Waals surface area contributed by atoms with Gasteiger partial charge in [0, 0.05) is 17.1 Å². The Morgan fingerprint density at radius 3 is 2.55 bits per heavy atom. The highest BCUT2D eigenvalue weighted by atomic mass is 32.1. The van der Waals surface area contributed by atoms with Gasteiger partial charge >= 0.3 is 12.1 Å². The number of fused-ring (bicyclic) bond motifs is 1. The smallest absolute Gasteiger partial charge is 0.425 e. The number of anilines is 1. The van der Waals surface area contributed by atoms with Crippen molar-refractivity contribution in [3.8, 4) is 11.5 Å². The van der Waals surface area contributed by atoms with E-state index >= 15 is 0 Å². The van der Waals surface area contributed by atoms with Crippen LogP contribution in [0.3, 0.4) is 0 Å². The second-order valence-corrected chi connectivity index (χ2v) is 11.1. The molecule has 0 spiro atoms. The van der Waals surface area contributed by atoms with Gasteiger partial charge < -0.3 is 15.0 Å². The number of aromatic nitrogens is 5. The Labute approximate surface area is 221 Å². The number of carboxylic acid groups (broad SMARTS) is 1. The van der Waals surface area contributed by atoms with Gasteiger partial charge in [0.25, 0.3) is 0 Å². The summed E-state index contributed by atoms with van der Waals surface area (Å²) in [7, 11) is 0. The van der Waals surface area contributed by atoms with E-state index in [2.05, 4.69) is 25.3 Å². The highest BCUT2D eigenvalue weighted by Crippen LogP contribution is 2.37. The number of hydrogen-bond donors (Lipinski definition) is 2. The molecule has 8 nitrogen and oxygen atoms in total. The minimum absolute atomic E-state index is 0.0104. The van der Waals surface area contributed by atoms with Crippen molar-refractivity contribution in [2.24, 2.45) is 5.92 Å². The predicted octanol–water partition coefficient (Wildman–Crippen LogP) is 6.44. The molecule has 0 aromatic carbocycles. The number of nitrogens with zero attached hydrogens (tertiary/aromatic N) is 5. The van der Waals surface area contributed by atoms with Gasteiger partial charge in [0.15, 0.2) is 17.3 Å². The molecule has 12 heteroatoms. The lowest BCUT2D eigenvalue weighted by Crippen LogP contribution is -2.31. The van der Waals surface area contributed by atoms with Gasteiger partial charge in [-0.25, -0.2) is 19.7 Å². The normalized spacial score (nSPS) is 15.1. The topological polar surface area (TPSA) is 106 Å². The first-order valence-electron chi connectivity index (χ1n) is 12.4. The van der Waals surface area contributed by atoms with Crippen LogP contribution in [0.25, 0.3) is 22.7 Å². The van der Waals surface area contributed by atoms with E-state index in [1.807, 2.05) is 32.9 Å². The highest BCUT2D eigenvalue weighted by molar-refractivity contribution is 7.12. The molecule has 38 heavy (non-hydrogen) atoms. The fraction of sp³-hybridized carbons (Fsp3) is 0.423. The number of hydrogen-bond acceptors (Lipinski definition) is 7. The van der Waals surface area contributed by atoms with Crippen LogP contribution in [0.2, 0.25) is 0 Å². The molecular weight excluding hydrogens is 517 g/mol. The predicted molar refractivity (Wildman–Crippen MR) is 138 cm³/mol. The molecule has 0 amide bonds. The molecule has 1 aliphatic carbocycles. The average Bonchev–Trinajstić information content (AvgIpc) is 3.43. The Morgan fingerprint density at radius 1 is 1.18 bits per heavy atom. The zero-order valence-corrected chi connectivity index (χ0v) is 21.9. The Bertz CT molecular complexity index is 1490. The molecule has 1 saturated carbocycles. The number of alkyl halides is 3. The molecule has 4 aromatic rings. The first kappa shape index (κ1) is 26.1. The van der Waals surface area contributed by atoms with Gasteiger partial charge in [-0.3, -0.25) is 4.98 Å². The van der Waals surface area contributed by atoms with Crippen LogP contribution in [-0.2, 0) is 12.7 Å². The van der Waals surface area contributed by atoms with Crippen LogP contribution in [0.4, 0.5) is 19.0 Å². The van der Waals surface area contributed by atoms with Gasteiger partial charge in [-0.15, -0.1) is 11.3 Å². The average molecular weight is 545 g/mol. The monoisotopic (exact) mass is 544 g/mol. The summed E-state index contributed by atoms with van der Waals surface area (Å²) < 4.78 is 41.7. The zero-order valence-electron chi connectivity index (χ0n) is 21.1. The summed E-state index contributed by atoms with van der Waals surface area (Å²) in [5.74, 6) is -0.411. The van der Waals surface area contributed by atoms with Crippen LogP contribution >= 0.6 is 11.3 Å². The van der Waals surface area contributed by atoms with E-state index < -0.39 is 22.8 Å². The number of imidazole rings is 1. The van der Waals surface area contributed by atoms with Gasteiger partial charge in [0.2, 0.25) is 5.82 Å². The maximum absolute atomic E-state index is 13.3. The summed E-state index contributed by atoms with van der Waals surface area (Å²) in [5, 5.41) is 13.0. The van der Waals surface area contributed by atoms with Crippen molar-refractivity contribution in [3.05, 3.63) is 51.6 Å². The van der Waals surface area contributed by atoms with Crippen molar-refractivity contribution in [1.29, 1.82) is 0 Å². The minimum Gasteiger partial charge on any atom is -0.475 e. The number of halogens is 3. The molecule has 2 N–H and O–H groups in total. The third-order valence-corrected chi connectivity index (χ3v) is 8.07. The van der Waals surface area contributed by atoms with Crippen molar-refractivity contribution in [2.45, 2.75) is 64.7 Å². The molecule has 200 valence electrons. The molecular formula is C26H27F3N6O2S. The van der Waals surface area contributed by atoms with Gasteiger partial charge in [-0.2, -0.15) is 13.2 Å². The Kier molecular flexibility index (Phi) is 6.84. The maximum Gasteiger partial charge on any atom is 0.425 e. The van der Waals surface area contributed by atoms with Crippen molar-refractivity contribution >= 4 is 34.3 Å². The van der Waals surface area contributed by atoms with E-state index in [4.69, 9.17) is 0 Å². The molecule has 0 saturated heterocycles. The zero-order chi connectivity index (χ0) is 27.2. The number of rotatable bonds is 8. The van der Waals surface area contributed by atoms with Crippen molar-refractivity contribution < 1.29 is 23.1 Å². The van der Waals surface area contributed by atoms with E-state index in [1.165, 1.54) is 6.07 Å². The van der Waals surface area contributed by atoms with Crippen molar-refractivity contribution in [1.82, 2.24) is 24.5 Å². The molecule has 1 aliphatic rings. The van der Waals surface area contributed by atoms with Crippen LogP contribution in [-0.4, -0.2) is 41.6 Å². The van der Waals surface area contributed by atoms with Crippen molar-refractivity contribution in [3.63, 3.8) is 0 Å². The summed E-state index contributed by atoms with van der Waals surface area (Å²) in [6.45, 7) is 6.16. The van der Waals surface area contributed by atoms with E-state index in [-0.39, 0.29) is 30.0 Å². The largest absolute Gasteiger partial charge is 0.475 e. The molecule has 0 bridgehead atoms. The van der Waals surface area contributed by atoms with E-state index in [1.54, 1.807) is 10.8 Å². The number of aromatic carboxylic acids is 1. The molecule has 4 heterocycles. The van der Waals surface area contributed by atoms with E-state index in [0.717, 1.165) is 30.9 Å². The number of thiophene rings is 1. The Morgan fingerprint density at radius 2 is 1.95 bits per heavy atom. The van der Waals surface area contributed by atoms with Crippen LogP contribution in [0.5, 0.6) is 0 Å². The van der Waals surface area contributed by atoms with Crippen LogP contribution < -0.4 is 5.32 Å². The summed E-state index contributed by atoms with van der Waals surface area (Å²) in [4.78, 5) is 29.2. The number of carbonyl (C=O) groups is 1. The molecule has 5 rings (SSSR count). The van der Waals surface area contributed by atoms with Crippen LogP contribution in [0.1, 0.15) is 71.9 Å². The second kappa shape index (κ2) is 9.97. The maximum atomic E-state index is 13.3. The minimum atomic E-state index is -4.44.